The monoisotopic (exact) mass is 288 g/mol. The van der Waals surface area contributed by atoms with Crippen LogP contribution in [0.5, 0.6) is 0 Å². The third-order valence-electron chi connectivity index (χ3n) is 2.02. The Hall–Kier alpha value is -1.30. The molecular formula is C10H6Cl2N2O2S. The summed E-state index contributed by atoms with van der Waals surface area (Å²) in [5.74, 6) is -1.15. The summed E-state index contributed by atoms with van der Waals surface area (Å²) >= 11 is 12.8. The molecule has 0 saturated heterocycles. The molecular weight excluding hydrogens is 283 g/mol. The van der Waals surface area contributed by atoms with Gasteiger partial charge in [-0.2, -0.15) is 0 Å². The van der Waals surface area contributed by atoms with E-state index in [-0.39, 0.29) is 10.7 Å². The number of carbonyl (C=O) groups is 1. The lowest BCUT2D eigenvalue weighted by molar-refractivity contribution is 0.0692. The lowest BCUT2D eigenvalue weighted by Gasteiger charge is -1.98. The van der Waals surface area contributed by atoms with Crippen LogP contribution in [0.1, 0.15) is 10.5 Å². The van der Waals surface area contributed by atoms with Crippen LogP contribution in [-0.4, -0.2) is 16.1 Å². The summed E-state index contributed by atoms with van der Waals surface area (Å²) in [6.07, 6.45) is 0. The third-order valence-corrected chi connectivity index (χ3v) is 3.70. The molecule has 0 radical (unpaired) electrons. The molecule has 0 saturated carbocycles. The summed E-state index contributed by atoms with van der Waals surface area (Å²) in [4.78, 5) is 14.7. The number of carboxylic acid groups (broad SMARTS) is 1. The summed E-state index contributed by atoms with van der Waals surface area (Å²) in [5, 5.41) is 10.3. The SMILES string of the molecule is Nc1sc(-c2ccc(Cl)c(Cl)c2)nc1C(=O)O. The number of anilines is 1. The van der Waals surface area contributed by atoms with Crippen molar-refractivity contribution >= 4 is 45.5 Å². The topological polar surface area (TPSA) is 76.2 Å². The van der Waals surface area contributed by atoms with Crippen molar-refractivity contribution in [3.8, 4) is 10.6 Å². The molecule has 0 aliphatic carbocycles. The number of thiazole rings is 1. The molecule has 1 aromatic carbocycles. The molecule has 0 unspecified atom stereocenters. The quantitative estimate of drug-likeness (QED) is 0.888. The van der Waals surface area contributed by atoms with Gasteiger partial charge in [0.2, 0.25) is 0 Å². The number of aromatic carboxylic acids is 1. The Labute approximate surface area is 111 Å². The van der Waals surface area contributed by atoms with Gasteiger partial charge in [0.05, 0.1) is 10.0 Å². The van der Waals surface area contributed by atoms with Crippen LogP contribution >= 0.6 is 34.5 Å². The molecule has 2 aromatic rings. The van der Waals surface area contributed by atoms with Gasteiger partial charge in [0, 0.05) is 5.56 Å². The van der Waals surface area contributed by atoms with Gasteiger partial charge in [-0.15, -0.1) is 0 Å². The number of nitrogens with zero attached hydrogens (tertiary/aromatic N) is 1. The van der Waals surface area contributed by atoms with Crippen molar-refractivity contribution in [1.29, 1.82) is 0 Å². The van der Waals surface area contributed by atoms with E-state index in [1.165, 1.54) is 0 Å². The molecule has 17 heavy (non-hydrogen) atoms. The van der Waals surface area contributed by atoms with E-state index in [1.807, 2.05) is 0 Å². The highest BCUT2D eigenvalue weighted by molar-refractivity contribution is 7.19. The minimum absolute atomic E-state index is 0.143. The van der Waals surface area contributed by atoms with Crippen LogP contribution in [0, 0.1) is 0 Å². The molecule has 3 N–H and O–H groups in total. The van der Waals surface area contributed by atoms with Crippen LogP contribution in [0.3, 0.4) is 0 Å². The number of hydrogen-bond donors (Lipinski definition) is 2. The zero-order valence-corrected chi connectivity index (χ0v) is 10.6. The predicted octanol–water partition coefficient (Wildman–Crippen LogP) is 3.40. The smallest absolute Gasteiger partial charge is 0.357 e. The van der Waals surface area contributed by atoms with Crippen molar-refractivity contribution in [2.75, 3.05) is 5.73 Å². The van der Waals surface area contributed by atoms with E-state index < -0.39 is 5.97 Å². The van der Waals surface area contributed by atoms with Gasteiger partial charge in [0.25, 0.3) is 0 Å². The molecule has 0 bridgehead atoms. The first-order valence-electron chi connectivity index (χ1n) is 4.44. The number of benzene rings is 1. The largest absolute Gasteiger partial charge is 0.476 e. The van der Waals surface area contributed by atoms with Crippen LogP contribution in [0.15, 0.2) is 18.2 Å². The van der Waals surface area contributed by atoms with Gasteiger partial charge in [-0.3, -0.25) is 0 Å². The normalized spacial score (nSPS) is 10.5. The molecule has 0 spiro atoms. The van der Waals surface area contributed by atoms with Gasteiger partial charge in [-0.05, 0) is 12.1 Å². The molecule has 1 aromatic heterocycles. The average Bonchev–Trinajstić information content (AvgIpc) is 2.64. The number of rotatable bonds is 2. The zero-order chi connectivity index (χ0) is 12.6. The molecule has 0 aliphatic heterocycles. The standard InChI is InChI=1S/C10H6Cl2N2O2S/c11-5-2-1-4(3-6(5)12)9-14-7(10(15)16)8(13)17-9/h1-3H,13H2,(H,15,16). The van der Waals surface area contributed by atoms with Crippen molar-refractivity contribution in [2.24, 2.45) is 0 Å². The van der Waals surface area contributed by atoms with E-state index in [0.717, 1.165) is 11.3 Å². The second-order valence-electron chi connectivity index (χ2n) is 3.17. The summed E-state index contributed by atoms with van der Waals surface area (Å²) in [6.45, 7) is 0. The molecule has 0 aliphatic rings. The maximum Gasteiger partial charge on any atom is 0.357 e. The lowest BCUT2D eigenvalue weighted by atomic mass is 10.2. The number of nitrogen functional groups attached to an aromatic ring is 1. The molecule has 0 atom stereocenters. The number of hydrogen-bond acceptors (Lipinski definition) is 4. The molecule has 2 rings (SSSR count). The molecule has 0 amide bonds. The number of halogens is 2. The van der Waals surface area contributed by atoms with Crippen molar-refractivity contribution in [2.45, 2.75) is 0 Å². The minimum atomic E-state index is -1.15. The van der Waals surface area contributed by atoms with Gasteiger partial charge >= 0.3 is 5.97 Å². The summed E-state index contributed by atoms with van der Waals surface area (Å²) in [7, 11) is 0. The second-order valence-corrected chi connectivity index (χ2v) is 5.01. The van der Waals surface area contributed by atoms with Crippen LogP contribution in [0.4, 0.5) is 5.00 Å². The maximum atomic E-state index is 10.8. The second kappa shape index (κ2) is 4.52. The van der Waals surface area contributed by atoms with Gasteiger partial charge in [0.15, 0.2) is 5.69 Å². The van der Waals surface area contributed by atoms with Gasteiger partial charge in [-0.1, -0.05) is 40.6 Å². The number of nitrogens with two attached hydrogens (primary N) is 1. The fraction of sp³-hybridized carbons (Fsp3) is 0. The van der Waals surface area contributed by atoms with Crippen LogP contribution < -0.4 is 5.73 Å². The van der Waals surface area contributed by atoms with E-state index in [0.29, 0.717) is 20.6 Å². The Bertz CT molecular complexity index is 598. The highest BCUT2D eigenvalue weighted by Gasteiger charge is 2.16. The Morgan fingerprint density at radius 1 is 1.35 bits per heavy atom. The van der Waals surface area contributed by atoms with Crippen molar-refractivity contribution in [1.82, 2.24) is 4.98 Å². The first-order valence-corrected chi connectivity index (χ1v) is 6.01. The van der Waals surface area contributed by atoms with Gasteiger partial charge in [0.1, 0.15) is 10.0 Å². The zero-order valence-electron chi connectivity index (χ0n) is 8.28. The van der Waals surface area contributed by atoms with Crippen molar-refractivity contribution in [3.05, 3.63) is 33.9 Å². The number of carboxylic acids is 1. The van der Waals surface area contributed by atoms with E-state index in [4.69, 9.17) is 34.0 Å². The van der Waals surface area contributed by atoms with E-state index in [2.05, 4.69) is 4.98 Å². The van der Waals surface area contributed by atoms with E-state index in [9.17, 15) is 4.79 Å². The van der Waals surface area contributed by atoms with Crippen LogP contribution in [0.25, 0.3) is 10.6 Å². The molecule has 0 fully saturated rings. The maximum absolute atomic E-state index is 10.8. The predicted molar refractivity (Wildman–Crippen MR) is 68.9 cm³/mol. The molecule has 7 heteroatoms. The Morgan fingerprint density at radius 2 is 2.06 bits per heavy atom. The first kappa shape index (κ1) is 12.2. The lowest BCUT2D eigenvalue weighted by Crippen LogP contribution is -2.00. The summed E-state index contributed by atoms with van der Waals surface area (Å²) in [5.41, 5.74) is 6.11. The fourth-order valence-electron chi connectivity index (χ4n) is 1.24. The van der Waals surface area contributed by atoms with Gasteiger partial charge in [-0.25, -0.2) is 9.78 Å². The molecule has 4 nitrogen and oxygen atoms in total. The van der Waals surface area contributed by atoms with Crippen LogP contribution in [0.2, 0.25) is 10.0 Å². The summed E-state index contributed by atoms with van der Waals surface area (Å²) < 4.78 is 0. The van der Waals surface area contributed by atoms with E-state index >= 15 is 0 Å². The Balaban J connectivity index is 2.50. The Kier molecular flexibility index (Phi) is 3.24. The van der Waals surface area contributed by atoms with Crippen LogP contribution in [-0.2, 0) is 0 Å². The van der Waals surface area contributed by atoms with Gasteiger partial charge < -0.3 is 10.8 Å². The summed E-state index contributed by atoms with van der Waals surface area (Å²) in [6, 6.07) is 4.95. The highest BCUT2D eigenvalue weighted by atomic mass is 35.5. The highest BCUT2D eigenvalue weighted by Crippen LogP contribution is 2.33. The van der Waals surface area contributed by atoms with Crippen molar-refractivity contribution in [3.63, 3.8) is 0 Å². The van der Waals surface area contributed by atoms with Crippen molar-refractivity contribution < 1.29 is 9.90 Å². The Morgan fingerprint density at radius 3 is 2.59 bits per heavy atom. The first-order chi connectivity index (χ1) is 7.99. The number of aromatic nitrogens is 1. The van der Waals surface area contributed by atoms with E-state index in [1.54, 1.807) is 18.2 Å². The third kappa shape index (κ3) is 2.36. The molecule has 1 heterocycles. The average molecular weight is 289 g/mol. The minimum Gasteiger partial charge on any atom is -0.476 e. The fourth-order valence-corrected chi connectivity index (χ4v) is 2.36. The molecule has 88 valence electrons.